The Balaban J connectivity index is 2.27. The van der Waals surface area contributed by atoms with Crippen LogP contribution in [0.15, 0.2) is 46.9 Å². The average Bonchev–Trinajstić information content (AvgIpc) is 2.34. The number of rotatable bonds is 3. The summed E-state index contributed by atoms with van der Waals surface area (Å²) in [5.74, 6) is -0.00806. The van der Waals surface area contributed by atoms with Crippen molar-refractivity contribution in [1.29, 1.82) is 0 Å². The van der Waals surface area contributed by atoms with Crippen molar-refractivity contribution in [2.75, 3.05) is 0 Å². The van der Waals surface area contributed by atoms with E-state index in [-0.39, 0.29) is 12.2 Å². The predicted molar refractivity (Wildman–Crippen MR) is 78.6 cm³/mol. The molecule has 0 N–H and O–H groups in total. The van der Waals surface area contributed by atoms with Gasteiger partial charge in [0.1, 0.15) is 0 Å². The number of benzene rings is 2. The molecule has 0 heterocycles. The molecule has 0 saturated carbocycles. The van der Waals surface area contributed by atoms with Gasteiger partial charge >= 0.3 is 0 Å². The zero-order valence-corrected chi connectivity index (χ0v) is 12.4. The molecular weight excluding hydrogens is 335 g/mol. The van der Waals surface area contributed by atoms with E-state index in [1.807, 2.05) is 12.1 Å². The third-order valence-electron chi connectivity index (χ3n) is 2.55. The van der Waals surface area contributed by atoms with Crippen molar-refractivity contribution in [2.45, 2.75) is 6.42 Å². The lowest BCUT2D eigenvalue weighted by atomic mass is 10.0. The first-order valence-electron chi connectivity index (χ1n) is 5.29. The van der Waals surface area contributed by atoms with Gasteiger partial charge in [0.25, 0.3) is 0 Å². The predicted octanol–water partition coefficient (Wildman–Crippen LogP) is 5.18. The van der Waals surface area contributed by atoms with Gasteiger partial charge in [0.15, 0.2) is 5.78 Å². The highest BCUT2D eigenvalue weighted by molar-refractivity contribution is 9.10. The highest BCUT2D eigenvalue weighted by Crippen LogP contribution is 2.26. The zero-order chi connectivity index (χ0) is 13.1. The first-order valence-corrected chi connectivity index (χ1v) is 6.84. The lowest BCUT2D eigenvalue weighted by molar-refractivity contribution is 0.0993. The summed E-state index contributed by atoms with van der Waals surface area (Å²) in [6, 6.07) is 12.5. The Hall–Kier alpha value is -0.830. The van der Waals surface area contributed by atoms with Crippen molar-refractivity contribution in [1.82, 2.24) is 0 Å². The molecule has 0 fully saturated rings. The molecule has 0 radical (unpaired) electrons. The highest BCUT2D eigenvalue weighted by atomic mass is 79.9. The van der Waals surface area contributed by atoms with Gasteiger partial charge in [-0.2, -0.15) is 0 Å². The standard InChI is InChI=1S/C14H9BrCl2O/c15-10-4-1-3-9(7-10)14(18)8-11-12(16)5-2-6-13(11)17/h1-7H,8H2. The molecule has 0 aliphatic rings. The number of halogens is 3. The Morgan fingerprint density at radius 1 is 1.06 bits per heavy atom. The van der Waals surface area contributed by atoms with Crippen molar-refractivity contribution in [3.8, 4) is 0 Å². The molecule has 1 nitrogen and oxygen atoms in total. The van der Waals surface area contributed by atoms with Gasteiger partial charge in [-0.15, -0.1) is 0 Å². The van der Waals surface area contributed by atoms with Gasteiger partial charge in [0.2, 0.25) is 0 Å². The Labute approximate surface area is 124 Å². The second kappa shape index (κ2) is 5.87. The number of carbonyl (C=O) groups is 1. The summed E-state index contributed by atoms with van der Waals surface area (Å²) in [5.41, 5.74) is 1.31. The molecule has 2 rings (SSSR count). The largest absolute Gasteiger partial charge is 0.294 e. The topological polar surface area (TPSA) is 17.1 Å². The van der Waals surface area contributed by atoms with E-state index in [1.54, 1.807) is 30.3 Å². The molecule has 0 aliphatic carbocycles. The molecule has 18 heavy (non-hydrogen) atoms. The van der Waals surface area contributed by atoms with Crippen LogP contribution in [-0.2, 0) is 6.42 Å². The summed E-state index contributed by atoms with van der Waals surface area (Å²) in [4.78, 5) is 12.1. The van der Waals surface area contributed by atoms with E-state index in [0.717, 1.165) is 4.47 Å². The quantitative estimate of drug-likeness (QED) is 0.701. The second-order valence-electron chi connectivity index (χ2n) is 3.81. The van der Waals surface area contributed by atoms with E-state index in [9.17, 15) is 4.79 Å². The van der Waals surface area contributed by atoms with Crippen LogP contribution in [0.1, 0.15) is 15.9 Å². The van der Waals surface area contributed by atoms with E-state index < -0.39 is 0 Å². The zero-order valence-electron chi connectivity index (χ0n) is 9.29. The van der Waals surface area contributed by atoms with E-state index in [0.29, 0.717) is 21.2 Å². The maximum atomic E-state index is 12.1. The van der Waals surface area contributed by atoms with Crippen LogP contribution in [0, 0.1) is 0 Å². The van der Waals surface area contributed by atoms with Gasteiger partial charge < -0.3 is 0 Å². The first-order chi connectivity index (χ1) is 8.58. The van der Waals surface area contributed by atoms with E-state index >= 15 is 0 Å². The molecule has 0 aliphatic heterocycles. The normalized spacial score (nSPS) is 10.4. The molecule has 0 atom stereocenters. The smallest absolute Gasteiger partial charge is 0.167 e. The molecule has 2 aromatic rings. The van der Waals surface area contributed by atoms with Gasteiger partial charge in [-0.25, -0.2) is 0 Å². The van der Waals surface area contributed by atoms with Crippen molar-refractivity contribution in [3.05, 3.63) is 68.1 Å². The Morgan fingerprint density at radius 3 is 2.28 bits per heavy atom. The fraction of sp³-hybridized carbons (Fsp3) is 0.0714. The van der Waals surface area contributed by atoms with E-state index in [1.165, 1.54) is 0 Å². The summed E-state index contributed by atoms with van der Waals surface area (Å²) >= 11 is 15.4. The number of hydrogen-bond donors (Lipinski definition) is 0. The SMILES string of the molecule is O=C(Cc1c(Cl)cccc1Cl)c1cccc(Br)c1. The minimum absolute atomic E-state index is 0.00806. The van der Waals surface area contributed by atoms with Crippen LogP contribution in [0.5, 0.6) is 0 Å². The van der Waals surface area contributed by atoms with Crippen molar-refractivity contribution < 1.29 is 4.79 Å². The van der Waals surface area contributed by atoms with Gasteiger partial charge in [0.05, 0.1) is 0 Å². The Bertz CT molecular complexity index is 576. The lowest BCUT2D eigenvalue weighted by Gasteiger charge is -2.06. The maximum absolute atomic E-state index is 12.1. The van der Waals surface area contributed by atoms with Gasteiger partial charge in [-0.05, 0) is 29.8 Å². The molecule has 0 unspecified atom stereocenters. The van der Waals surface area contributed by atoms with E-state index in [2.05, 4.69) is 15.9 Å². The minimum Gasteiger partial charge on any atom is -0.294 e. The fourth-order valence-corrected chi connectivity index (χ4v) is 2.56. The molecule has 0 aromatic heterocycles. The summed E-state index contributed by atoms with van der Waals surface area (Å²) in [6.45, 7) is 0. The van der Waals surface area contributed by atoms with Crippen LogP contribution in [-0.4, -0.2) is 5.78 Å². The third kappa shape index (κ3) is 3.14. The van der Waals surface area contributed by atoms with Crippen LogP contribution in [0.2, 0.25) is 10.0 Å². The number of ketones is 1. The minimum atomic E-state index is -0.00806. The van der Waals surface area contributed by atoms with Crippen LogP contribution in [0.3, 0.4) is 0 Å². The molecule has 0 amide bonds. The first kappa shape index (κ1) is 13.6. The van der Waals surface area contributed by atoms with Crippen molar-refractivity contribution in [2.24, 2.45) is 0 Å². The maximum Gasteiger partial charge on any atom is 0.167 e. The van der Waals surface area contributed by atoms with Crippen LogP contribution in [0.25, 0.3) is 0 Å². The van der Waals surface area contributed by atoms with Crippen molar-refractivity contribution >= 4 is 44.9 Å². The Morgan fingerprint density at radius 2 is 1.67 bits per heavy atom. The number of carbonyl (C=O) groups excluding carboxylic acids is 1. The van der Waals surface area contributed by atoms with Gasteiger partial charge in [-0.3, -0.25) is 4.79 Å². The number of Topliss-reactive ketones (excluding diaryl/α,β-unsaturated/α-hetero) is 1. The molecular formula is C14H9BrCl2O. The monoisotopic (exact) mass is 342 g/mol. The molecule has 0 spiro atoms. The Kier molecular flexibility index (Phi) is 4.44. The van der Waals surface area contributed by atoms with Gasteiger partial charge in [0, 0.05) is 26.5 Å². The van der Waals surface area contributed by atoms with Gasteiger partial charge in [-0.1, -0.05) is 57.3 Å². The summed E-state index contributed by atoms with van der Waals surface area (Å²) in [6.07, 6.45) is 0.203. The molecule has 2 aromatic carbocycles. The molecule has 0 bridgehead atoms. The molecule has 0 saturated heterocycles. The van der Waals surface area contributed by atoms with E-state index in [4.69, 9.17) is 23.2 Å². The summed E-state index contributed by atoms with van der Waals surface area (Å²) < 4.78 is 0.874. The lowest BCUT2D eigenvalue weighted by Crippen LogP contribution is -2.04. The van der Waals surface area contributed by atoms with Crippen LogP contribution < -0.4 is 0 Å². The summed E-state index contributed by atoms with van der Waals surface area (Å²) in [7, 11) is 0. The second-order valence-corrected chi connectivity index (χ2v) is 5.54. The van der Waals surface area contributed by atoms with Crippen molar-refractivity contribution in [3.63, 3.8) is 0 Å². The number of hydrogen-bond acceptors (Lipinski definition) is 1. The van der Waals surface area contributed by atoms with Crippen LogP contribution >= 0.6 is 39.1 Å². The molecule has 92 valence electrons. The third-order valence-corrected chi connectivity index (χ3v) is 3.75. The van der Waals surface area contributed by atoms with Crippen LogP contribution in [0.4, 0.5) is 0 Å². The average molecular weight is 344 g/mol. The fourth-order valence-electron chi connectivity index (χ4n) is 1.63. The highest BCUT2D eigenvalue weighted by Gasteiger charge is 2.12. The molecule has 4 heteroatoms. The summed E-state index contributed by atoms with van der Waals surface area (Å²) in [5, 5.41) is 1.04.